The van der Waals surface area contributed by atoms with Crippen molar-refractivity contribution in [2.24, 2.45) is 152 Å². The number of ketones is 7. The van der Waals surface area contributed by atoms with Gasteiger partial charge in [-0.1, -0.05) is 196 Å². The van der Waals surface area contributed by atoms with Crippen LogP contribution in [0.1, 0.15) is 350 Å². The highest BCUT2D eigenvalue weighted by atomic mass is 16.4. The van der Waals surface area contributed by atoms with Crippen molar-refractivity contribution in [3.05, 3.63) is 116 Å². The summed E-state index contributed by atoms with van der Waals surface area (Å²) in [4.78, 5) is 129. The lowest BCUT2D eigenvalue weighted by atomic mass is 9.34. The molecular weight excluding hydrogens is 1530 g/mol. The Labute approximate surface area is 743 Å². The van der Waals surface area contributed by atoms with E-state index in [4.69, 9.17) is 28.2 Å². The number of rotatable bonds is 11. The number of aryl methyl sites for hydroxylation is 2. The Morgan fingerprint density at radius 1 is 0.463 bits per heavy atom. The summed E-state index contributed by atoms with van der Waals surface area (Å²) >= 11 is 0. The van der Waals surface area contributed by atoms with Crippen LogP contribution in [0, 0.1) is 179 Å². The molecule has 15 aliphatic rings. The Balaban J connectivity index is 0.000000190. The number of carbonyl (C=O) groups excluding carboxylic acids is 8. The molecular formula is C106H154N6O11. The van der Waals surface area contributed by atoms with Crippen LogP contribution in [-0.4, -0.2) is 74.2 Å². The fourth-order valence-corrected chi connectivity index (χ4v) is 31.2. The highest BCUT2D eigenvalue weighted by Crippen LogP contribution is 2.79. The van der Waals surface area contributed by atoms with Crippen LogP contribution in [0.5, 0.6) is 0 Å². The number of nitrogens with one attached hydrogen (secondary N) is 1. The van der Waals surface area contributed by atoms with E-state index in [1.165, 1.54) is 41.1 Å². The van der Waals surface area contributed by atoms with Gasteiger partial charge in [0.05, 0.1) is 26.3 Å². The minimum absolute atomic E-state index is 0.0221. The molecule has 15 aliphatic carbocycles. The molecule has 0 aliphatic heterocycles. The number of allylic oxidation sites excluding steroid dienone is 12. The van der Waals surface area contributed by atoms with E-state index in [0.29, 0.717) is 30.5 Å². The number of hydrogen-bond acceptors (Lipinski definition) is 12. The van der Waals surface area contributed by atoms with E-state index in [9.17, 15) is 48.3 Å². The molecule has 0 unspecified atom stereocenters. The number of hydrogen-bond donors (Lipinski definition) is 2. The van der Waals surface area contributed by atoms with Gasteiger partial charge in [0, 0.05) is 89.0 Å². The van der Waals surface area contributed by atoms with E-state index in [2.05, 4.69) is 134 Å². The molecule has 17 heteroatoms. The molecule has 0 aromatic carbocycles. The topological polar surface area (TPSA) is 238 Å². The molecule has 1 heterocycles. The summed E-state index contributed by atoms with van der Waals surface area (Å²) in [5.41, 5.74) is 1.98. The number of carboxylic acid groups (broad SMARTS) is 1. The van der Waals surface area contributed by atoms with E-state index >= 15 is 0 Å². The average molecular weight is 1690 g/mol. The summed E-state index contributed by atoms with van der Waals surface area (Å²) in [6, 6.07) is 0. The first-order valence-electron chi connectivity index (χ1n) is 49.4. The molecule has 123 heavy (non-hydrogen) atoms. The third-order valence-corrected chi connectivity index (χ3v) is 38.7. The van der Waals surface area contributed by atoms with E-state index in [1.54, 1.807) is 0 Å². The standard InChI is InChI=1S/C35H48N2O4.C34H45N3O3.C32H43NO4.C2H6.3CH4/c1-21-24-10-11-33(6)28(32(24,5)19-26(36-8)30(21)41)17-27(40)29-25-18-31(3,4)13-15-35(25,16-14-34(29,33)7)12-9-23(39)20-37-22(2)38;1-20-22-9-11-32(6)26(31(22,5)19-24(35-8)29(20)39)17-25(38)28-23-18-30(3,4)13-15-34(23,16-14-33(28,32)7)12-10-27-37-36-21(2)40-27;1-19-20-8-10-30(5)24(29(20,4)18-22(33-7)27(19)37)16-23(34)26-21-17-28(2,3)12-14-32(21,11-9-25(35)36)15-13-31(26,30)6;1-2;;;/h17,19,21,24-25,29H,9-16,18,20H2,1-7H3,(H,37,38);17,19-20,22-23,28H,9-16,18H2,1-7H3;16,18-21,26H,8-15,17H2,1-6H3,(H,35,36);1-2H3;3*1H4/t21-,24-,25-,29-,32-,33+,34+,35+;20-,22-,23-,28-,31-,32+,33+,34+;19-,20-,21-,26-,29-,30+,31+,32+;;;;/m000..../s1/i;;;;3*1T. The SMILES string of the molecule is CC.[3H]C.[3H]C.[3H]C.[C-]#[N+]C1=C[C@]2(C)C3=CC(=O)[C@@H]4[C@@H]5CC(C)(C)CC[C@]5(CCC(=O)CNC(C)=O)CC[C@@]4(C)[C@]3(C)CC[C@H]2[C@H](C)C1=O.[C-]#[N+]C1=C[C@]2(C)C3=CC(=O)[C@@H]4[C@@H]5CC(C)(C)CC[C@]5(CCC(=O)O)CC[C@@]4(C)[C@]3(C)CC[C@H]2[C@H](C)C1=O.[C-]#[N+]C1=C[C@]2(C)C3=CC(=O)[C@@H]4[C@@H]5CC(C)(C)CC[C@]5(CCc5nnc(C)o5)CC[C@@]4(C)[C@]3(C)CC[C@H]2[C@H](C)C1=O. The van der Waals surface area contributed by atoms with Crippen LogP contribution in [-0.2, 0) is 49.6 Å². The zero-order valence-corrected chi connectivity index (χ0v) is 80.0. The van der Waals surface area contributed by atoms with E-state index < -0.39 is 22.2 Å². The Hall–Kier alpha value is -7.32. The van der Waals surface area contributed by atoms with Crippen molar-refractivity contribution in [3.8, 4) is 0 Å². The van der Waals surface area contributed by atoms with Gasteiger partial charge in [-0.25, -0.2) is 14.5 Å². The number of fused-ring (bicyclic) bond motifs is 21. The molecule has 0 radical (unpaired) electrons. The van der Waals surface area contributed by atoms with Crippen molar-refractivity contribution in [1.29, 1.82) is 0 Å². The van der Waals surface area contributed by atoms with Gasteiger partial charge < -0.3 is 29.2 Å². The molecule has 2 N–H and O–H groups in total. The lowest BCUT2D eigenvalue weighted by molar-refractivity contribution is -0.172. The maximum atomic E-state index is 14.6. The Morgan fingerprint density at radius 3 is 1.05 bits per heavy atom. The first kappa shape index (κ1) is 93.3. The lowest BCUT2D eigenvalue weighted by Crippen LogP contribution is -2.64. The molecule has 0 spiro atoms. The molecule has 24 atom stereocenters. The predicted octanol–water partition coefficient (Wildman–Crippen LogP) is 24.1. The highest BCUT2D eigenvalue weighted by molar-refractivity contribution is 6.03. The number of carboxylic acids is 1. The zero-order chi connectivity index (χ0) is 94.2. The largest absolute Gasteiger partial charge is 0.481 e. The molecule has 17 nitrogen and oxygen atoms in total. The fraction of sp³-hybridized carbons (Fsp3) is 0.755. The molecule has 9 fully saturated rings. The maximum absolute atomic E-state index is 14.6. The van der Waals surface area contributed by atoms with Crippen molar-refractivity contribution in [3.63, 3.8) is 0 Å². The fourth-order valence-electron chi connectivity index (χ4n) is 31.2. The minimum Gasteiger partial charge on any atom is -0.481 e. The minimum atomic E-state index is -0.745. The van der Waals surface area contributed by atoms with Gasteiger partial charge in [-0.15, -0.1) is 10.2 Å². The third kappa shape index (κ3) is 15.2. The summed E-state index contributed by atoms with van der Waals surface area (Å²) < 4.78 is 23.0. The second-order valence-corrected chi connectivity index (χ2v) is 45.8. The molecule has 674 valence electrons. The Kier molecular flexibility index (Phi) is 25.3. The first-order chi connectivity index (χ1) is 58.9. The molecule has 0 saturated heterocycles. The van der Waals surface area contributed by atoms with Gasteiger partial charge in [0.1, 0.15) is 0 Å². The maximum Gasteiger partial charge on any atom is 0.303 e. The van der Waals surface area contributed by atoms with Crippen molar-refractivity contribution in [1.82, 2.24) is 15.5 Å². The second kappa shape index (κ2) is 33.4. The highest BCUT2D eigenvalue weighted by Gasteiger charge is 2.73. The van der Waals surface area contributed by atoms with Crippen molar-refractivity contribution < 1.29 is 56.8 Å². The molecule has 1 aromatic heterocycles. The van der Waals surface area contributed by atoms with Crippen molar-refractivity contribution in [2.45, 2.75) is 348 Å². The van der Waals surface area contributed by atoms with Gasteiger partial charge in [-0.3, -0.25) is 28.8 Å². The summed E-state index contributed by atoms with van der Waals surface area (Å²) in [6.45, 7) is 71.1. The van der Waals surface area contributed by atoms with Gasteiger partial charge >= 0.3 is 5.97 Å². The predicted molar refractivity (Wildman–Crippen MR) is 485 cm³/mol. The van der Waals surface area contributed by atoms with Crippen LogP contribution < -0.4 is 5.32 Å². The first-order valence-corrected chi connectivity index (χ1v) is 46.4. The quantitative estimate of drug-likeness (QED) is 0.196. The van der Waals surface area contributed by atoms with E-state index in [0.717, 1.165) is 159 Å². The Bertz CT molecular complexity index is 4800. The van der Waals surface area contributed by atoms with Gasteiger partial charge in [-0.2, -0.15) is 0 Å². The number of Topliss-reactive ketones (excluding diaryl/α,β-unsaturated/α-hetero) is 4. The molecule has 16 rings (SSSR count). The van der Waals surface area contributed by atoms with Crippen LogP contribution in [0.4, 0.5) is 0 Å². The lowest BCUT2D eigenvalue weighted by Gasteiger charge is -2.69. The molecule has 9 saturated carbocycles. The number of amides is 1. The number of aliphatic carboxylic acids is 1. The van der Waals surface area contributed by atoms with E-state index in [-0.39, 0.29) is 207 Å². The van der Waals surface area contributed by atoms with Gasteiger partial charge in [-0.05, 0) is 273 Å². The zero-order valence-electron chi connectivity index (χ0n) is 83.0. The smallest absolute Gasteiger partial charge is 0.303 e. The number of aromatic nitrogens is 2. The van der Waals surface area contributed by atoms with Crippen LogP contribution in [0.2, 0.25) is 0 Å². The van der Waals surface area contributed by atoms with Gasteiger partial charge in [0.2, 0.25) is 34.8 Å². The van der Waals surface area contributed by atoms with Crippen LogP contribution >= 0.6 is 0 Å². The van der Waals surface area contributed by atoms with Gasteiger partial charge in [0.25, 0.3) is 0 Å². The third-order valence-electron chi connectivity index (χ3n) is 38.7. The summed E-state index contributed by atoms with van der Waals surface area (Å²) in [6.07, 6.45) is 36.6. The average Bonchev–Trinajstić information content (AvgIpc) is 0.742. The summed E-state index contributed by atoms with van der Waals surface area (Å²) in [7, 11) is 3.75. The molecule has 1 aromatic rings. The number of carbonyl (C=O) groups is 9. The monoisotopic (exact) mass is 1690 g/mol. The van der Waals surface area contributed by atoms with Crippen LogP contribution in [0.25, 0.3) is 14.5 Å². The van der Waals surface area contributed by atoms with Crippen molar-refractivity contribution in [2.75, 3.05) is 6.54 Å². The van der Waals surface area contributed by atoms with E-state index in [1.807, 2.05) is 78.0 Å². The molecule has 0 bridgehead atoms. The normalized spacial score (nSPS) is 42.7. The number of nitrogens with zero attached hydrogens (tertiary/aromatic N) is 5. The van der Waals surface area contributed by atoms with Crippen molar-refractivity contribution >= 4 is 52.4 Å². The van der Waals surface area contributed by atoms with Crippen LogP contribution in [0.15, 0.2) is 74.7 Å². The summed E-state index contributed by atoms with van der Waals surface area (Å²) in [5.74, 6) is 1.11. The summed E-state index contributed by atoms with van der Waals surface area (Å²) in [5, 5.41) is 20.6. The molecule has 1 amide bonds. The van der Waals surface area contributed by atoms with Crippen LogP contribution in [0.3, 0.4) is 0 Å². The second-order valence-electron chi connectivity index (χ2n) is 45.8. The van der Waals surface area contributed by atoms with Gasteiger partial charge in [0.15, 0.2) is 40.5 Å². The Morgan fingerprint density at radius 2 is 0.764 bits per heavy atom.